The normalized spacial score (nSPS) is 12.1. The molecule has 1 heterocycles. The maximum absolute atomic E-state index is 12.0. The average Bonchev–Trinajstić information content (AvgIpc) is 2.48. The van der Waals surface area contributed by atoms with Gasteiger partial charge in [-0.3, -0.25) is 9.59 Å². The van der Waals surface area contributed by atoms with E-state index in [9.17, 15) is 14.4 Å². The van der Waals surface area contributed by atoms with Gasteiger partial charge in [0.15, 0.2) is 0 Å². The van der Waals surface area contributed by atoms with Crippen molar-refractivity contribution in [3.8, 4) is 0 Å². The minimum atomic E-state index is -0.629. The van der Waals surface area contributed by atoms with Crippen molar-refractivity contribution in [2.75, 3.05) is 13.2 Å². The number of alkyl carbamates (subject to hydrolysis) is 1. The summed E-state index contributed by atoms with van der Waals surface area (Å²) in [5, 5.41) is 5.28. The molecular formula is C17H24ClN3O5. The quantitative estimate of drug-likeness (QED) is 0.574. The Labute approximate surface area is 157 Å². The van der Waals surface area contributed by atoms with Gasteiger partial charge in [-0.2, -0.15) is 0 Å². The van der Waals surface area contributed by atoms with Crippen LogP contribution in [-0.4, -0.2) is 47.7 Å². The summed E-state index contributed by atoms with van der Waals surface area (Å²) in [6.07, 6.45) is 0.741. The first-order chi connectivity index (χ1) is 12.0. The second-order valence-electron chi connectivity index (χ2n) is 6.73. The third-order valence-electron chi connectivity index (χ3n) is 2.97. The molecule has 9 heteroatoms. The lowest BCUT2D eigenvalue weighted by Gasteiger charge is -2.21. The highest BCUT2D eigenvalue weighted by molar-refractivity contribution is 6.29. The van der Waals surface area contributed by atoms with Gasteiger partial charge in [-0.1, -0.05) is 11.6 Å². The molecule has 26 heavy (non-hydrogen) atoms. The van der Waals surface area contributed by atoms with E-state index in [1.807, 2.05) is 0 Å². The number of halogens is 1. The van der Waals surface area contributed by atoms with Gasteiger partial charge in [0.05, 0.1) is 11.6 Å². The Balaban J connectivity index is 2.36. The predicted octanol–water partition coefficient (Wildman–Crippen LogP) is 2.23. The summed E-state index contributed by atoms with van der Waals surface area (Å²) in [5.74, 6) is -1.08. The molecule has 0 aliphatic carbocycles. The predicted molar refractivity (Wildman–Crippen MR) is 96.1 cm³/mol. The fourth-order valence-electron chi connectivity index (χ4n) is 1.83. The third-order valence-corrected chi connectivity index (χ3v) is 3.18. The fraction of sp³-hybridized carbons (Fsp3) is 0.529. The first kappa shape index (κ1) is 21.7. The van der Waals surface area contributed by atoms with Gasteiger partial charge in [-0.05, 0) is 46.2 Å². The molecule has 1 aromatic rings. The summed E-state index contributed by atoms with van der Waals surface area (Å²) in [6.45, 7) is 8.27. The summed E-state index contributed by atoms with van der Waals surface area (Å²) in [7, 11) is 0. The maximum Gasteiger partial charge on any atom is 0.407 e. The number of rotatable bonds is 6. The van der Waals surface area contributed by atoms with E-state index in [2.05, 4.69) is 15.6 Å². The molecule has 0 spiro atoms. The lowest BCUT2D eigenvalue weighted by molar-refractivity contribution is -0.143. The first-order valence-electron chi connectivity index (χ1n) is 8.03. The highest BCUT2D eigenvalue weighted by atomic mass is 35.5. The maximum atomic E-state index is 12.0. The van der Waals surface area contributed by atoms with Crippen LogP contribution in [-0.2, 0) is 14.3 Å². The molecule has 1 rings (SSSR count). The van der Waals surface area contributed by atoms with Crippen molar-refractivity contribution < 1.29 is 23.9 Å². The standard InChI is InChI=1S/C17H24ClN3O5/c1-10-6-13(18)19-7-12(10)15(23)20-8-14(22)25-9-11(2)21-16(24)26-17(3,4)5/h6-7,11H,8-9H2,1-5H3,(H,20,23)(H,21,24)/t11-/m0/s1. The van der Waals surface area contributed by atoms with Crippen LogP contribution in [0, 0.1) is 6.92 Å². The van der Waals surface area contributed by atoms with Crippen LogP contribution in [0.3, 0.4) is 0 Å². The van der Waals surface area contributed by atoms with E-state index in [0.29, 0.717) is 11.1 Å². The van der Waals surface area contributed by atoms with Crippen LogP contribution in [0.4, 0.5) is 4.79 Å². The van der Waals surface area contributed by atoms with Gasteiger partial charge in [0, 0.05) is 6.20 Å². The second-order valence-corrected chi connectivity index (χ2v) is 7.12. The average molecular weight is 386 g/mol. The van der Waals surface area contributed by atoms with Crippen molar-refractivity contribution in [1.82, 2.24) is 15.6 Å². The topological polar surface area (TPSA) is 107 Å². The van der Waals surface area contributed by atoms with Crippen LogP contribution in [0.15, 0.2) is 12.3 Å². The van der Waals surface area contributed by atoms with Crippen molar-refractivity contribution in [2.24, 2.45) is 0 Å². The van der Waals surface area contributed by atoms with E-state index in [1.165, 1.54) is 6.20 Å². The van der Waals surface area contributed by atoms with Crippen LogP contribution >= 0.6 is 11.6 Å². The first-order valence-corrected chi connectivity index (χ1v) is 8.41. The Kier molecular flexibility index (Phi) is 7.82. The number of carbonyl (C=O) groups is 3. The molecule has 0 saturated heterocycles. The summed E-state index contributed by atoms with van der Waals surface area (Å²) in [4.78, 5) is 39.2. The number of hydrogen-bond acceptors (Lipinski definition) is 6. The molecule has 2 N–H and O–H groups in total. The minimum Gasteiger partial charge on any atom is -0.462 e. The van der Waals surface area contributed by atoms with Crippen LogP contribution in [0.2, 0.25) is 5.15 Å². The van der Waals surface area contributed by atoms with Crippen LogP contribution < -0.4 is 10.6 Å². The summed E-state index contributed by atoms with van der Waals surface area (Å²) >= 11 is 5.74. The highest BCUT2D eigenvalue weighted by Crippen LogP contribution is 2.11. The molecule has 0 aliphatic rings. The largest absolute Gasteiger partial charge is 0.462 e. The number of esters is 1. The molecule has 0 aliphatic heterocycles. The number of nitrogens with zero attached hydrogens (tertiary/aromatic N) is 1. The molecule has 0 fully saturated rings. The number of amides is 2. The lowest BCUT2D eigenvalue weighted by atomic mass is 10.1. The van der Waals surface area contributed by atoms with Gasteiger partial charge < -0.3 is 20.1 Å². The number of nitrogens with one attached hydrogen (secondary N) is 2. The minimum absolute atomic E-state index is 0.0462. The van der Waals surface area contributed by atoms with Gasteiger partial charge in [-0.25, -0.2) is 9.78 Å². The van der Waals surface area contributed by atoms with E-state index in [1.54, 1.807) is 40.7 Å². The zero-order valence-electron chi connectivity index (χ0n) is 15.5. The van der Waals surface area contributed by atoms with Gasteiger partial charge in [0.25, 0.3) is 5.91 Å². The van der Waals surface area contributed by atoms with Gasteiger partial charge in [-0.15, -0.1) is 0 Å². The summed E-state index contributed by atoms with van der Waals surface area (Å²) in [6, 6.07) is 1.12. The summed E-state index contributed by atoms with van der Waals surface area (Å²) in [5.41, 5.74) is 0.354. The molecule has 0 radical (unpaired) electrons. The molecule has 0 bridgehead atoms. The van der Waals surface area contributed by atoms with E-state index in [-0.39, 0.29) is 18.3 Å². The number of hydrogen-bond donors (Lipinski definition) is 2. The van der Waals surface area contributed by atoms with Crippen molar-refractivity contribution in [2.45, 2.75) is 46.3 Å². The zero-order valence-corrected chi connectivity index (χ0v) is 16.3. The number of carbonyl (C=O) groups excluding carboxylic acids is 3. The Bertz CT molecular complexity index is 673. The second kappa shape index (κ2) is 9.38. The smallest absolute Gasteiger partial charge is 0.407 e. The van der Waals surface area contributed by atoms with E-state index < -0.39 is 29.6 Å². The SMILES string of the molecule is Cc1cc(Cl)ncc1C(=O)NCC(=O)OC[C@H](C)NC(=O)OC(C)(C)C. The molecule has 144 valence electrons. The molecular weight excluding hydrogens is 362 g/mol. The van der Waals surface area contributed by atoms with Crippen LogP contribution in [0.1, 0.15) is 43.6 Å². The van der Waals surface area contributed by atoms with Crippen molar-refractivity contribution in [3.05, 3.63) is 28.5 Å². The van der Waals surface area contributed by atoms with E-state index in [4.69, 9.17) is 21.1 Å². The molecule has 8 nitrogen and oxygen atoms in total. The molecule has 1 atom stereocenters. The molecule has 2 amide bonds. The third kappa shape index (κ3) is 8.15. The number of ether oxygens (including phenoxy) is 2. The fourth-order valence-corrected chi connectivity index (χ4v) is 2.04. The number of aromatic nitrogens is 1. The molecule has 0 unspecified atom stereocenters. The Morgan fingerprint density at radius 2 is 1.96 bits per heavy atom. The van der Waals surface area contributed by atoms with Crippen LogP contribution in [0.5, 0.6) is 0 Å². The lowest BCUT2D eigenvalue weighted by Crippen LogP contribution is -2.41. The molecule has 0 saturated carbocycles. The van der Waals surface area contributed by atoms with E-state index >= 15 is 0 Å². The van der Waals surface area contributed by atoms with Gasteiger partial charge in [0.1, 0.15) is 23.9 Å². The zero-order chi connectivity index (χ0) is 19.9. The Morgan fingerprint density at radius 3 is 2.54 bits per heavy atom. The van der Waals surface area contributed by atoms with E-state index in [0.717, 1.165) is 0 Å². The number of aryl methyl sites for hydroxylation is 1. The Morgan fingerprint density at radius 1 is 1.31 bits per heavy atom. The van der Waals surface area contributed by atoms with Crippen molar-refractivity contribution >= 4 is 29.6 Å². The molecule has 0 aromatic carbocycles. The molecule has 1 aromatic heterocycles. The van der Waals surface area contributed by atoms with Gasteiger partial charge >= 0.3 is 12.1 Å². The Hall–Kier alpha value is -2.35. The monoisotopic (exact) mass is 385 g/mol. The highest BCUT2D eigenvalue weighted by Gasteiger charge is 2.18. The van der Waals surface area contributed by atoms with Crippen molar-refractivity contribution in [3.63, 3.8) is 0 Å². The van der Waals surface area contributed by atoms with Gasteiger partial charge in [0.2, 0.25) is 0 Å². The summed E-state index contributed by atoms with van der Waals surface area (Å²) < 4.78 is 10.1. The van der Waals surface area contributed by atoms with Crippen LogP contribution in [0.25, 0.3) is 0 Å². The van der Waals surface area contributed by atoms with Crippen molar-refractivity contribution in [1.29, 1.82) is 0 Å². The number of pyridine rings is 1.